The Hall–Kier alpha value is -3.80. The fourth-order valence-corrected chi connectivity index (χ4v) is 5.68. The number of furan rings is 1. The van der Waals surface area contributed by atoms with Crippen molar-refractivity contribution in [1.82, 2.24) is 14.8 Å². The number of fused-ring (bicyclic) bond motifs is 1. The molecule has 42 heavy (non-hydrogen) atoms. The maximum absolute atomic E-state index is 13.5. The van der Waals surface area contributed by atoms with Crippen molar-refractivity contribution in [2.24, 2.45) is 11.8 Å². The molecule has 2 fully saturated rings. The summed E-state index contributed by atoms with van der Waals surface area (Å²) in [6.07, 6.45) is 4.00. The molecule has 3 heterocycles. The third kappa shape index (κ3) is 6.80. The number of benzene rings is 1. The molecular weight excluding hydrogens is 538 g/mol. The van der Waals surface area contributed by atoms with Gasteiger partial charge in [-0.25, -0.2) is 4.98 Å². The van der Waals surface area contributed by atoms with Gasteiger partial charge >= 0.3 is 0 Å². The molecular formula is C31H39N5O6. The number of hydrogen-bond donors (Lipinski definition) is 3. The van der Waals surface area contributed by atoms with Crippen molar-refractivity contribution in [2.75, 3.05) is 51.0 Å². The Balaban J connectivity index is 1.39. The zero-order chi connectivity index (χ0) is 29.8. The van der Waals surface area contributed by atoms with Gasteiger partial charge in [-0.2, -0.15) is 0 Å². The van der Waals surface area contributed by atoms with E-state index in [9.17, 15) is 19.5 Å². The Morgan fingerprint density at radius 3 is 2.48 bits per heavy atom. The number of hydrogen-bond acceptors (Lipinski definition) is 8. The SMILES string of the molecule is Cc1ccc(NC(=O)c2oc3ccc(CC(=O)N4CCOCC4)cc3c2NC(=O)[C@H]2CC[C@H](C(O)N(C)C)CC2)nc1. The molecule has 0 radical (unpaired) electrons. The van der Waals surface area contributed by atoms with Gasteiger partial charge in [-0.1, -0.05) is 12.1 Å². The predicted molar refractivity (Wildman–Crippen MR) is 158 cm³/mol. The molecule has 1 atom stereocenters. The van der Waals surface area contributed by atoms with Crippen LogP contribution >= 0.6 is 0 Å². The van der Waals surface area contributed by atoms with Crippen molar-refractivity contribution in [1.29, 1.82) is 0 Å². The lowest BCUT2D eigenvalue weighted by Crippen LogP contribution is -2.41. The number of amides is 3. The molecule has 2 aromatic heterocycles. The number of anilines is 2. The van der Waals surface area contributed by atoms with Crippen LogP contribution in [-0.4, -0.2) is 84.2 Å². The Kier molecular flexibility index (Phi) is 9.20. The number of morpholine rings is 1. The van der Waals surface area contributed by atoms with Gasteiger partial charge in [0.25, 0.3) is 5.91 Å². The third-order valence-corrected chi connectivity index (χ3v) is 8.17. The van der Waals surface area contributed by atoms with Crippen LogP contribution in [-0.2, 0) is 20.7 Å². The van der Waals surface area contributed by atoms with Gasteiger partial charge in [-0.05, 0) is 81.9 Å². The summed E-state index contributed by atoms with van der Waals surface area (Å²) >= 11 is 0. The second-order valence-corrected chi connectivity index (χ2v) is 11.5. The van der Waals surface area contributed by atoms with Crippen LogP contribution in [0.25, 0.3) is 11.0 Å². The minimum Gasteiger partial charge on any atom is -0.449 e. The van der Waals surface area contributed by atoms with Crippen LogP contribution in [0.5, 0.6) is 0 Å². The molecule has 3 amide bonds. The number of carbonyl (C=O) groups is 3. The van der Waals surface area contributed by atoms with E-state index in [1.165, 1.54) is 0 Å². The number of rotatable bonds is 8. The quantitative estimate of drug-likeness (QED) is 0.347. The first-order valence-corrected chi connectivity index (χ1v) is 14.5. The van der Waals surface area contributed by atoms with E-state index >= 15 is 0 Å². The van der Waals surface area contributed by atoms with Gasteiger partial charge in [0.1, 0.15) is 23.3 Å². The first-order chi connectivity index (χ1) is 20.2. The van der Waals surface area contributed by atoms with Crippen molar-refractivity contribution in [3.8, 4) is 0 Å². The van der Waals surface area contributed by atoms with Crippen LogP contribution < -0.4 is 10.6 Å². The first-order valence-electron chi connectivity index (χ1n) is 14.5. The summed E-state index contributed by atoms with van der Waals surface area (Å²) in [5.74, 6) is -0.580. The molecule has 0 bridgehead atoms. The van der Waals surface area contributed by atoms with Crippen molar-refractivity contribution in [2.45, 2.75) is 45.3 Å². The number of aryl methyl sites for hydroxylation is 1. The van der Waals surface area contributed by atoms with Crippen LogP contribution in [0.1, 0.15) is 47.4 Å². The minimum atomic E-state index is -0.545. The van der Waals surface area contributed by atoms with E-state index in [0.717, 1.165) is 24.0 Å². The normalized spacial score (nSPS) is 20.0. The fourth-order valence-electron chi connectivity index (χ4n) is 5.68. The molecule has 224 valence electrons. The molecule has 3 N–H and O–H groups in total. The summed E-state index contributed by atoms with van der Waals surface area (Å²) in [5, 5.41) is 16.7. The second-order valence-electron chi connectivity index (χ2n) is 11.5. The van der Waals surface area contributed by atoms with Gasteiger partial charge in [-0.15, -0.1) is 0 Å². The molecule has 1 aliphatic carbocycles. The largest absolute Gasteiger partial charge is 0.449 e. The summed E-state index contributed by atoms with van der Waals surface area (Å²) in [5.41, 5.74) is 2.40. The Bertz CT molecular complexity index is 1420. The first kappa shape index (κ1) is 29.7. The van der Waals surface area contributed by atoms with Crippen LogP contribution in [0.3, 0.4) is 0 Å². The highest BCUT2D eigenvalue weighted by molar-refractivity contribution is 6.14. The molecule has 1 aliphatic heterocycles. The Morgan fingerprint density at radius 1 is 1.07 bits per heavy atom. The van der Waals surface area contributed by atoms with Crippen molar-refractivity contribution >= 4 is 40.2 Å². The summed E-state index contributed by atoms with van der Waals surface area (Å²) < 4.78 is 11.3. The van der Waals surface area contributed by atoms with Gasteiger partial charge in [0.05, 0.1) is 19.6 Å². The zero-order valence-corrected chi connectivity index (χ0v) is 24.4. The average molecular weight is 578 g/mol. The fraction of sp³-hybridized carbons (Fsp3) is 0.484. The van der Waals surface area contributed by atoms with Crippen LogP contribution in [0.2, 0.25) is 0 Å². The van der Waals surface area contributed by atoms with Crippen LogP contribution in [0, 0.1) is 18.8 Å². The zero-order valence-electron chi connectivity index (χ0n) is 24.4. The summed E-state index contributed by atoms with van der Waals surface area (Å²) in [6, 6.07) is 8.87. The number of aliphatic hydroxyl groups excluding tert-OH is 1. The van der Waals surface area contributed by atoms with Crippen molar-refractivity contribution in [3.63, 3.8) is 0 Å². The number of aromatic nitrogens is 1. The van der Waals surface area contributed by atoms with E-state index in [-0.39, 0.29) is 41.5 Å². The number of pyridine rings is 1. The van der Waals surface area contributed by atoms with E-state index in [0.29, 0.717) is 55.9 Å². The lowest BCUT2D eigenvalue weighted by atomic mass is 9.80. The maximum Gasteiger partial charge on any atom is 0.294 e. The molecule has 1 saturated carbocycles. The summed E-state index contributed by atoms with van der Waals surface area (Å²) in [7, 11) is 3.68. The highest BCUT2D eigenvalue weighted by Crippen LogP contribution is 2.36. The van der Waals surface area contributed by atoms with E-state index in [1.54, 1.807) is 40.3 Å². The highest BCUT2D eigenvalue weighted by atomic mass is 16.5. The molecule has 0 spiro atoms. The molecule has 1 aromatic carbocycles. The van der Waals surface area contributed by atoms with E-state index in [1.807, 2.05) is 27.1 Å². The molecule has 5 rings (SSSR count). The summed E-state index contributed by atoms with van der Waals surface area (Å²) in [4.78, 5) is 47.6. The number of ether oxygens (including phenoxy) is 1. The predicted octanol–water partition coefficient (Wildman–Crippen LogP) is 3.41. The minimum absolute atomic E-state index is 0.00758. The highest BCUT2D eigenvalue weighted by Gasteiger charge is 2.32. The Labute approximate surface area is 245 Å². The van der Waals surface area contributed by atoms with Gasteiger partial charge in [0.2, 0.25) is 17.6 Å². The number of carbonyl (C=O) groups excluding carboxylic acids is 3. The summed E-state index contributed by atoms with van der Waals surface area (Å²) in [6.45, 7) is 4.06. The van der Waals surface area contributed by atoms with Gasteiger partial charge in [0, 0.05) is 30.6 Å². The standard InChI is InChI=1S/C31H39N5O6/c1-19-4-11-25(32-18-19)33-30(39)28-27(34-29(38)21-6-8-22(9-7-21)31(40)35(2)3)23-16-20(5-10-24(23)42-28)17-26(37)36-12-14-41-15-13-36/h4-5,10-11,16,18,21-22,31,40H,6-9,12-15,17H2,1-3H3,(H,34,38)(H,32,33,39)/t21-,22-,31?. The van der Waals surface area contributed by atoms with Crippen molar-refractivity contribution in [3.05, 3.63) is 53.4 Å². The van der Waals surface area contributed by atoms with E-state index < -0.39 is 12.1 Å². The van der Waals surface area contributed by atoms with E-state index in [4.69, 9.17) is 9.15 Å². The lowest BCUT2D eigenvalue weighted by Gasteiger charge is -2.33. The van der Waals surface area contributed by atoms with Gasteiger partial charge < -0.3 is 29.8 Å². The topological polar surface area (TPSA) is 137 Å². The molecule has 2 aliphatic rings. The van der Waals surface area contributed by atoms with Crippen LogP contribution in [0.15, 0.2) is 40.9 Å². The molecule has 1 saturated heterocycles. The number of nitrogens with one attached hydrogen (secondary N) is 2. The maximum atomic E-state index is 13.5. The number of aliphatic hydroxyl groups is 1. The number of nitrogens with zero attached hydrogens (tertiary/aromatic N) is 3. The van der Waals surface area contributed by atoms with Crippen molar-refractivity contribution < 1.29 is 28.6 Å². The van der Waals surface area contributed by atoms with Gasteiger partial charge in [0.15, 0.2) is 0 Å². The lowest BCUT2D eigenvalue weighted by molar-refractivity contribution is -0.134. The Morgan fingerprint density at radius 2 is 1.81 bits per heavy atom. The molecule has 11 nitrogen and oxygen atoms in total. The van der Waals surface area contributed by atoms with Crippen LogP contribution in [0.4, 0.5) is 11.5 Å². The monoisotopic (exact) mass is 577 g/mol. The second kappa shape index (κ2) is 13.0. The van der Waals surface area contributed by atoms with Gasteiger partial charge in [-0.3, -0.25) is 19.3 Å². The average Bonchev–Trinajstić information content (AvgIpc) is 3.35. The molecule has 3 aromatic rings. The molecule has 11 heteroatoms. The smallest absolute Gasteiger partial charge is 0.294 e. The van der Waals surface area contributed by atoms with E-state index in [2.05, 4.69) is 15.6 Å². The molecule has 1 unspecified atom stereocenters. The third-order valence-electron chi connectivity index (χ3n) is 8.17.